The Kier molecular flexibility index (Phi) is 2.74. The van der Waals surface area contributed by atoms with Crippen molar-refractivity contribution in [1.82, 2.24) is 4.90 Å². The minimum absolute atomic E-state index is 0.0725. The second-order valence-electron chi connectivity index (χ2n) is 5.04. The van der Waals surface area contributed by atoms with Crippen LogP contribution in [0.1, 0.15) is 26.2 Å². The fourth-order valence-electron chi connectivity index (χ4n) is 2.36. The molecule has 1 aliphatic heterocycles. The Morgan fingerprint density at radius 3 is 2.56 bits per heavy atom. The Bertz CT molecular complexity index is 342. The maximum Gasteiger partial charge on any atom is 0.312 e. The van der Waals surface area contributed by atoms with Gasteiger partial charge in [-0.05, 0) is 26.2 Å². The average Bonchev–Trinajstić information content (AvgIpc) is 2.25. The van der Waals surface area contributed by atoms with Crippen molar-refractivity contribution < 1.29 is 14.7 Å². The fraction of sp³-hybridized carbons (Fsp3) is 0.667. The lowest BCUT2D eigenvalue weighted by Crippen LogP contribution is -2.61. The Balaban J connectivity index is 1.90. The predicted molar refractivity (Wildman–Crippen MR) is 58.8 cm³/mol. The monoisotopic (exact) mass is 223 g/mol. The Labute approximate surface area is 94.9 Å². The standard InChI is InChI=1S/C12H17NO3/c1-12(11(15)16)7-13(8-12)10(14)9-5-3-2-4-6-9/h2-3,9H,4-8H2,1H3,(H,15,16). The normalized spacial score (nSPS) is 27.3. The van der Waals surface area contributed by atoms with Gasteiger partial charge in [0.1, 0.15) is 0 Å². The highest BCUT2D eigenvalue weighted by Crippen LogP contribution is 2.33. The van der Waals surface area contributed by atoms with Gasteiger partial charge in [-0.1, -0.05) is 12.2 Å². The maximum absolute atomic E-state index is 12.0. The summed E-state index contributed by atoms with van der Waals surface area (Å²) in [5, 5.41) is 8.95. The van der Waals surface area contributed by atoms with Crippen molar-refractivity contribution in [1.29, 1.82) is 0 Å². The van der Waals surface area contributed by atoms with E-state index in [1.165, 1.54) is 0 Å². The molecule has 16 heavy (non-hydrogen) atoms. The number of hydrogen-bond donors (Lipinski definition) is 1. The highest BCUT2D eigenvalue weighted by molar-refractivity contribution is 5.84. The van der Waals surface area contributed by atoms with Gasteiger partial charge in [-0.3, -0.25) is 9.59 Å². The Morgan fingerprint density at radius 1 is 1.38 bits per heavy atom. The zero-order chi connectivity index (χ0) is 11.8. The van der Waals surface area contributed by atoms with E-state index in [2.05, 4.69) is 6.08 Å². The van der Waals surface area contributed by atoms with Crippen molar-refractivity contribution in [3.05, 3.63) is 12.2 Å². The number of carbonyl (C=O) groups is 2. The lowest BCUT2D eigenvalue weighted by atomic mass is 9.80. The van der Waals surface area contributed by atoms with Crippen molar-refractivity contribution in [3.8, 4) is 0 Å². The van der Waals surface area contributed by atoms with E-state index in [-0.39, 0.29) is 11.8 Å². The molecule has 0 spiro atoms. The molecule has 1 unspecified atom stereocenters. The summed E-state index contributed by atoms with van der Waals surface area (Å²) in [4.78, 5) is 24.6. The van der Waals surface area contributed by atoms with Crippen molar-refractivity contribution >= 4 is 11.9 Å². The van der Waals surface area contributed by atoms with Gasteiger partial charge in [0.2, 0.25) is 5.91 Å². The smallest absolute Gasteiger partial charge is 0.312 e. The summed E-state index contributed by atoms with van der Waals surface area (Å²) in [6, 6.07) is 0. The molecule has 88 valence electrons. The largest absolute Gasteiger partial charge is 0.481 e. The molecule has 1 aliphatic carbocycles. The lowest BCUT2D eigenvalue weighted by molar-refractivity contribution is -0.165. The molecule has 2 rings (SSSR count). The number of rotatable bonds is 2. The molecule has 1 heterocycles. The Hall–Kier alpha value is -1.32. The number of carbonyl (C=O) groups excluding carboxylic acids is 1. The molecule has 0 saturated carbocycles. The second kappa shape index (κ2) is 3.92. The second-order valence-corrected chi connectivity index (χ2v) is 5.04. The molecular formula is C12H17NO3. The molecule has 1 atom stereocenters. The van der Waals surface area contributed by atoms with Gasteiger partial charge in [-0.25, -0.2) is 0 Å². The van der Waals surface area contributed by atoms with Crippen molar-refractivity contribution in [2.75, 3.05) is 13.1 Å². The van der Waals surface area contributed by atoms with Crippen LogP contribution in [0.15, 0.2) is 12.2 Å². The summed E-state index contributed by atoms with van der Waals surface area (Å²) in [5.41, 5.74) is -0.722. The van der Waals surface area contributed by atoms with Crippen LogP contribution in [0.5, 0.6) is 0 Å². The van der Waals surface area contributed by atoms with E-state index in [1.807, 2.05) is 6.08 Å². The van der Waals surface area contributed by atoms with Crippen LogP contribution in [-0.4, -0.2) is 35.0 Å². The van der Waals surface area contributed by atoms with Crippen LogP contribution in [0.4, 0.5) is 0 Å². The molecule has 1 amide bonds. The minimum atomic E-state index is -0.805. The highest BCUT2D eigenvalue weighted by Gasteiger charge is 2.48. The maximum atomic E-state index is 12.0. The summed E-state index contributed by atoms with van der Waals surface area (Å²) in [7, 11) is 0. The zero-order valence-electron chi connectivity index (χ0n) is 9.48. The van der Waals surface area contributed by atoms with Crippen LogP contribution in [0.2, 0.25) is 0 Å². The predicted octanol–water partition coefficient (Wildman–Crippen LogP) is 1.28. The number of allylic oxidation sites excluding steroid dienone is 2. The van der Waals surface area contributed by atoms with Crippen LogP contribution < -0.4 is 0 Å². The van der Waals surface area contributed by atoms with E-state index in [0.29, 0.717) is 13.1 Å². The summed E-state index contributed by atoms with van der Waals surface area (Å²) < 4.78 is 0. The summed E-state index contributed by atoms with van der Waals surface area (Å²) in [6.45, 7) is 2.42. The summed E-state index contributed by atoms with van der Waals surface area (Å²) >= 11 is 0. The van der Waals surface area contributed by atoms with Gasteiger partial charge in [0.25, 0.3) is 0 Å². The van der Waals surface area contributed by atoms with Gasteiger partial charge in [0.15, 0.2) is 0 Å². The first-order chi connectivity index (χ1) is 7.53. The number of carboxylic acids is 1. The molecule has 0 aromatic carbocycles. The van der Waals surface area contributed by atoms with E-state index in [1.54, 1.807) is 11.8 Å². The van der Waals surface area contributed by atoms with Gasteiger partial charge >= 0.3 is 5.97 Å². The first kappa shape index (κ1) is 11.2. The molecule has 0 aromatic heterocycles. The number of nitrogens with zero attached hydrogens (tertiary/aromatic N) is 1. The van der Waals surface area contributed by atoms with E-state index >= 15 is 0 Å². The number of likely N-dealkylation sites (tertiary alicyclic amines) is 1. The highest BCUT2D eigenvalue weighted by atomic mass is 16.4. The third kappa shape index (κ3) is 1.84. The molecule has 1 fully saturated rings. The van der Waals surface area contributed by atoms with Crippen LogP contribution in [0.3, 0.4) is 0 Å². The number of carboxylic acid groups (broad SMARTS) is 1. The van der Waals surface area contributed by atoms with Crippen molar-refractivity contribution in [2.24, 2.45) is 11.3 Å². The van der Waals surface area contributed by atoms with E-state index in [4.69, 9.17) is 5.11 Å². The van der Waals surface area contributed by atoms with Crippen molar-refractivity contribution in [3.63, 3.8) is 0 Å². The summed E-state index contributed by atoms with van der Waals surface area (Å²) in [6.07, 6.45) is 6.80. The molecule has 0 bridgehead atoms. The molecule has 1 saturated heterocycles. The molecule has 4 nitrogen and oxygen atoms in total. The SMILES string of the molecule is CC1(C(=O)O)CN(C(=O)C2CC=CCC2)C1. The van der Waals surface area contributed by atoms with Crippen molar-refractivity contribution in [2.45, 2.75) is 26.2 Å². The Morgan fingerprint density at radius 2 is 2.06 bits per heavy atom. The van der Waals surface area contributed by atoms with Crippen LogP contribution in [0.25, 0.3) is 0 Å². The van der Waals surface area contributed by atoms with Gasteiger partial charge < -0.3 is 10.0 Å². The van der Waals surface area contributed by atoms with Gasteiger partial charge in [-0.15, -0.1) is 0 Å². The lowest BCUT2D eigenvalue weighted by Gasteiger charge is -2.46. The van der Waals surface area contributed by atoms with Crippen LogP contribution >= 0.6 is 0 Å². The summed E-state index contributed by atoms with van der Waals surface area (Å²) in [5.74, 6) is -0.605. The third-order valence-corrected chi connectivity index (χ3v) is 3.53. The third-order valence-electron chi connectivity index (χ3n) is 3.53. The number of hydrogen-bond acceptors (Lipinski definition) is 2. The number of amides is 1. The van der Waals surface area contributed by atoms with E-state index in [9.17, 15) is 9.59 Å². The molecule has 1 N–H and O–H groups in total. The average molecular weight is 223 g/mol. The molecule has 4 heteroatoms. The quantitative estimate of drug-likeness (QED) is 0.717. The number of aliphatic carboxylic acids is 1. The van der Waals surface area contributed by atoms with E-state index < -0.39 is 11.4 Å². The molecule has 2 aliphatic rings. The van der Waals surface area contributed by atoms with Crippen LogP contribution in [0, 0.1) is 11.3 Å². The minimum Gasteiger partial charge on any atom is -0.481 e. The van der Waals surface area contributed by atoms with Crippen LogP contribution in [-0.2, 0) is 9.59 Å². The zero-order valence-corrected chi connectivity index (χ0v) is 9.48. The van der Waals surface area contributed by atoms with E-state index in [0.717, 1.165) is 19.3 Å². The van der Waals surface area contributed by atoms with Gasteiger partial charge in [0.05, 0.1) is 5.41 Å². The molecular weight excluding hydrogens is 206 g/mol. The topological polar surface area (TPSA) is 57.6 Å². The van der Waals surface area contributed by atoms with Gasteiger partial charge in [-0.2, -0.15) is 0 Å². The molecule has 0 aromatic rings. The van der Waals surface area contributed by atoms with Gasteiger partial charge in [0, 0.05) is 19.0 Å². The first-order valence-electron chi connectivity index (χ1n) is 5.70. The first-order valence-corrected chi connectivity index (χ1v) is 5.70. The molecule has 0 radical (unpaired) electrons. The fourth-order valence-corrected chi connectivity index (χ4v) is 2.36.